The fraction of sp³-hybridized carbons (Fsp3) is 0.333. The normalized spacial score (nSPS) is 16.2. The second-order valence-electron chi connectivity index (χ2n) is 8.08. The van der Waals surface area contributed by atoms with Gasteiger partial charge in [-0.05, 0) is 49.1 Å². The number of halogens is 1. The van der Waals surface area contributed by atoms with Gasteiger partial charge in [0, 0.05) is 25.9 Å². The van der Waals surface area contributed by atoms with E-state index in [4.69, 9.17) is 0 Å². The molecule has 3 amide bonds. The molecule has 2 aromatic carbocycles. The molecule has 0 unspecified atom stereocenters. The van der Waals surface area contributed by atoms with Crippen molar-refractivity contribution in [2.75, 3.05) is 18.4 Å². The number of hydrogen-bond acceptors (Lipinski definition) is 4. The van der Waals surface area contributed by atoms with Crippen LogP contribution in [0.2, 0.25) is 0 Å². The maximum absolute atomic E-state index is 13.1. The van der Waals surface area contributed by atoms with Crippen molar-refractivity contribution in [3.05, 3.63) is 65.0 Å². The first-order chi connectivity index (χ1) is 15.4. The molecule has 0 spiro atoms. The molecule has 8 heteroatoms. The molecule has 1 saturated heterocycles. The molecule has 1 N–H and O–H groups in total. The van der Waals surface area contributed by atoms with Crippen molar-refractivity contribution in [2.24, 2.45) is 5.10 Å². The minimum atomic E-state index is -0.442. The molecule has 7 nitrogen and oxygen atoms in total. The van der Waals surface area contributed by atoms with Gasteiger partial charge in [0.1, 0.15) is 11.5 Å². The Balaban J connectivity index is 1.53. The van der Waals surface area contributed by atoms with E-state index in [2.05, 4.69) is 10.4 Å². The SMILES string of the molecule is Cc1cccc(NC(=O)C2=NN(Cc3ccc(F)cc3)C(=O)CC2)c1C(=O)N1CCCC1. The molecule has 0 bridgehead atoms. The van der Waals surface area contributed by atoms with Gasteiger partial charge in [0.15, 0.2) is 0 Å². The topological polar surface area (TPSA) is 82.1 Å². The van der Waals surface area contributed by atoms with Crippen LogP contribution in [0.3, 0.4) is 0 Å². The maximum Gasteiger partial charge on any atom is 0.271 e. The van der Waals surface area contributed by atoms with Crippen LogP contribution in [0, 0.1) is 12.7 Å². The smallest absolute Gasteiger partial charge is 0.271 e. The summed E-state index contributed by atoms with van der Waals surface area (Å²) in [5.74, 6) is -1.09. The van der Waals surface area contributed by atoms with Gasteiger partial charge in [0.2, 0.25) is 5.91 Å². The Morgan fingerprint density at radius 2 is 1.78 bits per heavy atom. The first kappa shape index (κ1) is 21.7. The van der Waals surface area contributed by atoms with E-state index in [0.29, 0.717) is 29.9 Å². The number of carbonyl (C=O) groups excluding carboxylic acids is 3. The quantitative estimate of drug-likeness (QED) is 0.779. The Morgan fingerprint density at radius 3 is 2.50 bits per heavy atom. The van der Waals surface area contributed by atoms with E-state index in [1.807, 2.05) is 13.0 Å². The van der Waals surface area contributed by atoms with Crippen LogP contribution in [-0.2, 0) is 16.1 Å². The summed E-state index contributed by atoms with van der Waals surface area (Å²) in [6, 6.07) is 11.1. The van der Waals surface area contributed by atoms with Crippen LogP contribution >= 0.6 is 0 Å². The lowest BCUT2D eigenvalue weighted by atomic mass is 10.0. The molecule has 1 fully saturated rings. The summed E-state index contributed by atoms with van der Waals surface area (Å²) in [5.41, 5.74) is 2.64. The Hall–Kier alpha value is -3.55. The number of hydrogen-bond donors (Lipinski definition) is 1. The fourth-order valence-corrected chi connectivity index (χ4v) is 3.98. The zero-order valence-corrected chi connectivity index (χ0v) is 17.9. The van der Waals surface area contributed by atoms with Gasteiger partial charge in [-0.25, -0.2) is 9.40 Å². The fourth-order valence-electron chi connectivity index (χ4n) is 3.98. The van der Waals surface area contributed by atoms with Crippen LogP contribution in [-0.4, -0.2) is 46.4 Å². The average Bonchev–Trinajstić information content (AvgIpc) is 3.31. The summed E-state index contributed by atoms with van der Waals surface area (Å²) >= 11 is 0. The summed E-state index contributed by atoms with van der Waals surface area (Å²) in [6.07, 6.45) is 2.33. The number of likely N-dealkylation sites (tertiary alicyclic amines) is 1. The van der Waals surface area contributed by atoms with Crippen molar-refractivity contribution in [2.45, 2.75) is 39.2 Å². The Kier molecular flexibility index (Phi) is 6.30. The van der Waals surface area contributed by atoms with Gasteiger partial charge in [-0.2, -0.15) is 5.10 Å². The van der Waals surface area contributed by atoms with E-state index < -0.39 is 5.91 Å². The van der Waals surface area contributed by atoms with Gasteiger partial charge in [-0.15, -0.1) is 0 Å². The minimum Gasteiger partial charge on any atom is -0.339 e. The van der Waals surface area contributed by atoms with E-state index in [1.54, 1.807) is 29.2 Å². The number of benzene rings is 2. The predicted molar refractivity (Wildman–Crippen MR) is 119 cm³/mol. The van der Waals surface area contributed by atoms with Gasteiger partial charge in [-0.3, -0.25) is 14.4 Å². The molecule has 32 heavy (non-hydrogen) atoms. The largest absolute Gasteiger partial charge is 0.339 e. The second-order valence-corrected chi connectivity index (χ2v) is 8.08. The lowest BCUT2D eigenvalue weighted by Gasteiger charge is -2.24. The van der Waals surface area contributed by atoms with Gasteiger partial charge >= 0.3 is 0 Å². The monoisotopic (exact) mass is 436 g/mol. The third kappa shape index (κ3) is 4.69. The second kappa shape index (κ2) is 9.30. The van der Waals surface area contributed by atoms with E-state index >= 15 is 0 Å². The predicted octanol–water partition coefficient (Wildman–Crippen LogP) is 3.49. The summed E-state index contributed by atoms with van der Waals surface area (Å²) in [7, 11) is 0. The molecule has 0 atom stereocenters. The zero-order chi connectivity index (χ0) is 22.7. The number of anilines is 1. The van der Waals surface area contributed by atoms with E-state index in [-0.39, 0.29) is 42.7 Å². The average molecular weight is 436 g/mol. The van der Waals surface area contributed by atoms with Crippen molar-refractivity contribution < 1.29 is 18.8 Å². The highest BCUT2D eigenvalue weighted by Crippen LogP contribution is 2.24. The minimum absolute atomic E-state index is 0.0883. The molecule has 2 aromatic rings. The molecule has 0 aliphatic carbocycles. The van der Waals surface area contributed by atoms with Crippen molar-refractivity contribution in [3.8, 4) is 0 Å². The molecule has 2 heterocycles. The Bertz CT molecular complexity index is 1080. The molecule has 0 aromatic heterocycles. The van der Waals surface area contributed by atoms with Crippen molar-refractivity contribution >= 4 is 29.1 Å². The molecule has 0 radical (unpaired) electrons. The summed E-state index contributed by atoms with van der Waals surface area (Å²) < 4.78 is 13.1. The number of amides is 3. The van der Waals surface area contributed by atoms with Gasteiger partial charge < -0.3 is 10.2 Å². The third-order valence-corrected chi connectivity index (χ3v) is 5.74. The first-order valence-electron chi connectivity index (χ1n) is 10.7. The van der Waals surface area contributed by atoms with Crippen molar-refractivity contribution in [1.82, 2.24) is 9.91 Å². The lowest BCUT2D eigenvalue weighted by molar-refractivity contribution is -0.132. The van der Waals surface area contributed by atoms with Crippen LogP contribution < -0.4 is 5.32 Å². The number of hydrazone groups is 1. The summed E-state index contributed by atoms with van der Waals surface area (Å²) in [5, 5.41) is 8.31. The first-order valence-corrected chi connectivity index (χ1v) is 10.7. The third-order valence-electron chi connectivity index (χ3n) is 5.74. The van der Waals surface area contributed by atoms with Crippen molar-refractivity contribution in [1.29, 1.82) is 0 Å². The number of carbonyl (C=O) groups is 3. The highest BCUT2D eigenvalue weighted by molar-refractivity contribution is 6.43. The van der Waals surface area contributed by atoms with Crippen molar-refractivity contribution in [3.63, 3.8) is 0 Å². The number of nitrogens with one attached hydrogen (secondary N) is 1. The van der Waals surface area contributed by atoms with E-state index in [9.17, 15) is 18.8 Å². The Labute approximate surface area is 185 Å². The molecule has 4 rings (SSSR count). The standard InChI is InChI=1S/C24H25FN4O3/c1-16-5-4-6-19(22(16)24(32)28-13-2-3-14-28)26-23(31)20-11-12-21(30)29(27-20)15-17-7-9-18(25)10-8-17/h4-10H,2-3,11-15H2,1H3,(H,26,31). The summed E-state index contributed by atoms with van der Waals surface area (Å²) in [4.78, 5) is 40.1. The van der Waals surface area contributed by atoms with Crippen LogP contribution in [0.5, 0.6) is 0 Å². The number of rotatable bonds is 5. The maximum atomic E-state index is 13.1. The highest BCUT2D eigenvalue weighted by Gasteiger charge is 2.27. The molecule has 2 aliphatic rings. The highest BCUT2D eigenvalue weighted by atomic mass is 19.1. The van der Waals surface area contributed by atoms with Crippen LogP contribution in [0.1, 0.15) is 47.2 Å². The summed E-state index contributed by atoms with van der Waals surface area (Å²) in [6.45, 7) is 3.43. The molecular weight excluding hydrogens is 411 g/mol. The zero-order valence-electron chi connectivity index (χ0n) is 17.9. The van der Waals surface area contributed by atoms with Crippen LogP contribution in [0.15, 0.2) is 47.6 Å². The number of aryl methyl sites for hydroxylation is 1. The van der Waals surface area contributed by atoms with E-state index in [1.165, 1.54) is 17.1 Å². The van der Waals surface area contributed by atoms with E-state index in [0.717, 1.165) is 18.4 Å². The molecule has 0 saturated carbocycles. The van der Waals surface area contributed by atoms with Gasteiger partial charge in [0.25, 0.3) is 11.8 Å². The van der Waals surface area contributed by atoms with Gasteiger partial charge in [0.05, 0.1) is 17.8 Å². The van der Waals surface area contributed by atoms with Crippen LogP contribution in [0.25, 0.3) is 0 Å². The molecule has 166 valence electrons. The Morgan fingerprint density at radius 1 is 1.06 bits per heavy atom. The number of nitrogens with zero attached hydrogens (tertiary/aromatic N) is 3. The lowest BCUT2D eigenvalue weighted by Crippen LogP contribution is -2.36. The molecule has 2 aliphatic heterocycles. The van der Waals surface area contributed by atoms with Gasteiger partial charge in [-0.1, -0.05) is 24.3 Å². The van der Waals surface area contributed by atoms with Crippen LogP contribution in [0.4, 0.5) is 10.1 Å². The molecular formula is C24H25FN4O3.